The zero-order chi connectivity index (χ0) is 13.3. The number of nitrogens with one attached hydrogen (secondary N) is 1. The van der Waals surface area contributed by atoms with Gasteiger partial charge in [-0.05, 0) is 43.5 Å². The van der Waals surface area contributed by atoms with E-state index < -0.39 is 0 Å². The first-order valence-electron chi connectivity index (χ1n) is 6.18. The zero-order valence-electron chi connectivity index (χ0n) is 11.4. The molecule has 0 aliphatic carbocycles. The van der Waals surface area contributed by atoms with Gasteiger partial charge in [-0.3, -0.25) is 4.68 Å². The lowest BCUT2D eigenvalue weighted by atomic mass is 10.1. The number of hydrogen-bond donors (Lipinski definition) is 2. The van der Waals surface area contributed by atoms with E-state index in [0.29, 0.717) is 0 Å². The van der Waals surface area contributed by atoms with Gasteiger partial charge < -0.3 is 11.1 Å². The summed E-state index contributed by atoms with van der Waals surface area (Å²) in [6.45, 7) is 6.23. The van der Waals surface area contributed by atoms with Crippen molar-refractivity contribution < 1.29 is 0 Å². The van der Waals surface area contributed by atoms with Crippen LogP contribution in [0.4, 0.5) is 17.2 Å². The van der Waals surface area contributed by atoms with Crippen LogP contribution in [0.2, 0.25) is 0 Å². The molecule has 3 N–H and O–H groups in total. The number of hydrogen-bond acceptors (Lipinski definition) is 3. The smallest absolute Gasteiger partial charge is 0.152 e. The monoisotopic (exact) mass is 244 g/mol. The Kier molecular flexibility index (Phi) is 3.28. The number of benzene rings is 1. The predicted molar refractivity (Wildman–Crippen MR) is 76.2 cm³/mol. The molecule has 2 aromatic rings. The van der Waals surface area contributed by atoms with E-state index in [-0.39, 0.29) is 0 Å². The Labute approximate surface area is 108 Å². The summed E-state index contributed by atoms with van der Waals surface area (Å²) in [4.78, 5) is 0. The standard InChI is InChI=1S/C14H20N4/c1-5-12-13(15)14(18(4)17-12)16-11-7-9(2)6-10(3)8-11/h6-8,16H,5,15H2,1-4H3. The molecule has 0 fully saturated rings. The fraction of sp³-hybridized carbons (Fsp3) is 0.357. The van der Waals surface area contributed by atoms with Gasteiger partial charge in [0.1, 0.15) is 0 Å². The average molecular weight is 244 g/mol. The molecule has 0 saturated heterocycles. The maximum absolute atomic E-state index is 6.09. The summed E-state index contributed by atoms with van der Waals surface area (Å²) in [6.07, 6.45) is 0.841. The largest absolute Gasteiger partial charge is 0.394 e. The zero-order valence-corrected chi connectivity index (χ0v) is 11.4. The van der Waals surface area contributed by atoms with Gasteiger partial charge in [-0.15, -0.1) is 0 Å². The Balaban J connectivity index is 2.36. The van der Waals surface area contributed by atoms with Crippen molar-refractivity contribution in [3.05, 3.63) is 35.0 Å². The summed E-state index contributed by atoms with van der Waals surface area (Å²) >= 11 is 0. The number of rotatable bonds is 3. The molecule has 0 radical (unpaired) electrons. The highest BCUT2D eigenvalue weighted by atomic mass is 15.3. The molecule has 18 heavy (non-hydrogen) atoms. The molecule has 0 unspecified atom stereocenters. The minimum Gasteiger partial charge on any atom is -0.394 e. The first kappa shape index (κ1) is 12.5. The molecule has 0 saturated carbocycles. The number of nitrogens with two attached hydrogens (primary N) is 1. The van der Waals surface area contributed by atoms with Gasteiger partial charge in [0.2, 0.25) is 0 Å². The average Bonchev–Trinajstić information content (AvgIpc) is 2.55. The van der Waals surface area contributed by atoms with Crippen LogP contribution >= 0.6 is 0 Å². The Hall–Kier alpha value is -1.97. The molecule has 1 heterocycles. The minimum absolute atomic E-state index is 0.735. The fourth-order valence-electron chi connectivity index (χ4n) is 2.19. The van der Waals surface area contributed by atoms with Crippen LogP contribution in [0.25, 0.3) is 0 Å². The van der Waals surface area contributed by atoms with Crippen LogP contribution in [-0.4, -0.2) is 9.78 Å². The highest BCUT2D eigenvalue weighted by molar-refractivity contribution is 5.71. The van der Waals surface area contributed by atoms with Crippen molar-refractivity contribution in [3.8, 4) is 0 Å². The fourth-order valence-corrected chi connectivity index (χ4v) is 2.19. The van der Waals surface area contributed by atoms with E-state index in [1.807, 2.05) is 7.05 Å². The molecule has 0 spiro atoms. The molecule has 0 atom stereocenters. The SMILES string of the molecule is CCc1nn(C)c(Nc2cc(C)cc(C)c2)c1N. The van der Waals surface area contributed by atoms with Crippen LogP contribution in [0.3, 0.4) is 0 Å². The summed E-state index contributed by atoms with van der Waals surface area (Å²) in [7, 11) is 1.90. The summed E-state index contributed by atoms with van der Waals surface area (Å²) in [5, 5.41) is 7.75. The second kappa shape index (κ2) is 4.72. The van der Waals surface area contributed by atoms with Crippen molar-refractivity contribution in [1.29, 1.82) is 0 Å². The Morgan fingerprint density at radius 1 is 1.22 bits per heavy atom. The third-order valence-corrected chi connectivity index (χ3v) is 2.98. The van der Waals surface area contributed by atoms with Crippen molar-refractivity contribution in [3.63, 3.8) is 0 Å². The molecule has 0 aliphatic rings. The second-order valence-electron chi connectivity index (χ2n) is 4.69. The Bertz CT molecular complexity index is 549. The van der Waals surface area contributed by atoms with Crippen LogP contribution < -0.4 is 11.1 Å². The van der Waals surface area contributed by atoms with Crippen molar-refractivity contribution in [2.24, 2.45) is 7.05 Å². The van der Waals surface area contributed by atoms with Crippen molar-refractivity contribution >= 4 is 17.2 Å². The van der Waals surface area contributed by atoms with Gasteiger partial charge in [0.05, 0.1) is 11.4 Å². The van der Waals surface area contributed by atoms with Gasteiger partial charge >= 0.3 is 0 Å². The van der Waals surface area contributed by atoms with E-state index in [1.165, 1.54) is 11.1 Å². The molecular formula is C14H20N4. The molecule has 4 heteroatoms. The lowest BCUT2D eigenvalue weighted by molar-refractivity contribution is 0.753. The number of aromatic nitrogens is 2. The van der Waals surface area contributed by atoms with Crippen molar-refractivity contribution in [1.82, 2.24) is 9.78 Å². The topological polar surface area (TPSA) is 55.9 Å². The molecular weight excluding hydrogens is 224 g/mol. The molecule has 2 rings (SSSR count). The van der Waals surface area contributed by atoms with Gasteiger partial charge in [-0.2, -0.15) is 5.10 Å². The van der Waals surface area contributed by atoms with E-state index in [2.05, 4.69) is 49.4 Å². The molecule has 96 valence electrons. The van der Waals surface area contributed by atoms with Crippen LogP contribution in [-0.2, 0) is 13.5 Å². The quantitative estimate of drug-likeness (QED) is 0.872. The van der Waals surface area contributed by atoms with Crippen LogP contribution in [0, 0.1) is 13.8 Å². The van der Waals surface area contributed by atoms with Gasteiger partial charge in [0.25, 0.3) is 0 Å². The van der Waals surface area contributed by atoms with Crippen LogP contribution in [0.1, 0.15) is 23.7 Å². The number of nitrogen functional groups attached to an aromatic ring is 1. The number of aryl methyl sites for hydroxylation is 4. The number of anilines is 3. The van der Waals surface area contributed by atoms with Gasteiger partial charge in [0, 0.05) is 12.7 Å². The summed E-state index contributed by atoms with van der Waals surface area (Å²) in [6, 6.07) is 6.35. The molecule has 0 aliphatic heterocycles. The molecule has 1 aromatic heterocycles. The first-order valence-corrected chi connectivity index (χ1v) is 6.18. The predicted octanol–water partition coefficient (Wildman–Crippen LogP) is 2.93. The van der Waals surface area contributed by atoms with E-state index in [9.17, 15) is 0 Å². The summed E-state index contributed by atoms with van der Waals surface area (Å²) in [5.74, 6) is 0.858. The van der Waals surface area contributed by atoms with Gasteiger partial charge in [0.15, 0.2) is 5.82 Å². The first-order chi connectivity index (χ1) is 8.51. The van der Waals surface area contributed by atoms with E-state index in [0.717, 1.165) is 29.3 Å². The molecule has 1 aromatic carbocycles. The van der Waals surface area contributed by atoms with Crippen molar-refractivity contribution in [2.45, 2.75) is 27.2 Å². The van der Waals surface area contributed by atoms with Gasteiger partial charge in [-0.1, -0.05) is 13.0 Å². The summed E-state index contributed by atoms with van der Waals surface area (Å²) in [5.41, 5.74) is 11.3. The molecule has 0 amide bonds. The van der Waals surface area contributed by atoms with Crippen molar-refractivity contribution in [2.75, 3.05) is 11.1 Å². The van der Waals surface area contributed by atoms with Crippen LogP contribution in [0.15, 0.2) is 18.2 Å². The lowest BCUT2D eigenvalue weighted by Gasteiger charge is -2.09. The highest BCUT2D eigenvalue weighted by Gasteiger charge is 2.11. The van der Waals surface area contributed by atoms with E-state index in [4.69, 9.17) is 5.73 Å². The van der Waals surface area contributed by atoms with E-state index >= 15 is 0 Å². The third kappa shape index (κ3) is 2.32. The second-order valence-corrected chi connectivity index (χ2v) is 4.69. The minimum atomic E-state index is 0.735. The normalized spacial score (nSPS) is 10.7. The lowest BCUT2D eigenvalue weighted by Crippen LogP contribution is -2.01. The molecule has 4 nitrogen and oxygen atoms in total. The molecule has 0 bridgehead atoms. The van der Waals surface area contributed by atoms with Crippen LogP contribution in [0.5, 0.6) is 0 Å². The maximum Gasteiger partial charge on any atom is 0.152 e. The highest BCUT2D eigenvalue weighted by Crippen LogP contribution is 2.26. The van der Waals surface area contributed by atoms with Gasteiger partial charge in [-0.25, -0.2) is 0 Å². The maximum atomic E-state index is 6.09. The van der Waals surface area contributed by atoms with E-state index in [1.54, 1.807) is 4.68 Å². The Morgan fingerprint density at radius 2 is 1.83 bits per heavy atom. The summed E-state index contributed by atoms with van der Waals surface area (Å²) < 4.78 is 1.80. The number of nitrogens with zero attached hydrogens (tertiary/aromatic N) is 2. The Morgan fingerprint density at radius 3 is 2.33 bits per heavy atom. The third-order valence-electron chi connectivity index (χ3n) is 2.98.